The molecule has 0 bridgehead atoms. The molecule has 0 saturated heterocycles. The Morgan fingerprint density at radius 2 is 2.21 bits per heavy atom. The lowest BCUT2D eigenvalue weighted by molar-refractivity contribution is -0.122. The first-order chi connectivity index (χ1) is 8.77. The lowest BCUT2D eigenvalue weighted by Gasteiger charge is -2.17. The van der Waals surface area contributed by atoms with Crippen molar-refractivity contribution in [2.24, 2.45) is 0 Å². The third kappa shape index (κ3) is 4.43. The molecule has 1 aromatic rings. The summed E-state index contributed by atoms with van der Waals surface area (Å²) in [6, 6.07) is 2.47. The molecule has 0 radical (unpaired) electrons. The van der Waals surface area contributed by atoms with Gasteiger partial charge in [-0.05, 0) is 19.1 Å². The molecule has 0 fully saturated rings. The molecule has 0 spiro atoms. The van der Waals surface area contributed by atoms with E-state index >= 15 is 0 Å². The second kappa shape index (κ2) is 6.67. The predicted octanol–water partition coefficient (Wildman–Crippen LogP) is 0.519. The van der Waals surface area contributed by atoms with Crippen LogP contribution in [0.5, 0.6) is 0 Å². The fourth-order valence-electron chi connectivity index (χ4n) is 1.24. The zero-order valence-electron chi connectivity index (χ0n) is 10.5. The summed E-state index contributed by atoms with van der Waals surface area (Å²) >= 11 is 6.63. The highest BCUT2D eigenvalue weighted by molar-refractivity contribution is 7.91. The first-order valence-electron chi connectivity index (χ1n) is 5.39. The first-order valence-corrected chi connectivity index (χ1v) is 8.02. The van der Waals surface area contributed by atoms with Gasteiger partial charge in [0.15, 0.2) is 0 Å². The summed E-state index contributed by atoms with van der Waals surface area (Å²) in [5, 5.41) is 11.3. The van der Waals surface area contributed by atoms with E-state index in [1.54, 1.807) is 6.92 Å². The number of halogens is 1. The molecule has 6 nitrogen and oxygen atoms in total. The number of hydrogen-bond donors (Lipinski definition) is 2. The van der Waals surface area contributed by atoms with E-state index in [9.17, 15) is 13.2 Å². The number of carbonyl (C=O) groups excluding carboxylic acids is 1. The fourth-order valence-corrected chi connectivity index (χ4v) is 4.06. The molecule has 1 heterocycles. The van der Waals surface area contributed by atoms with Crippen LogP contribution in [-0.4, -0.2) is 50.0 Å². The highest BCUT2D eigenvalue weighted by atomic mass is 35.5. The maximum Gasteiger partial charge on any atom is 0.252 e. The van der Waals surface area contributed by atoms with Crippen molar-refractivity contribution in [3.05, 3.63) is 16.5 Å². The molecular formula is C10H15ClN2O4S2. The number of nitrogens with zero attached hydrogens (tertiary/aromatic N) is 1. The van der Waals surface area contributed by atoms with Crippen molar-refractivity contribution in [3.8, 4) is 0 Å². The molecule has 0 aromatic carbocycles. The lowest BCUT2D eigenvalue weighted by Crippen LogP contribution is -2.42. The van der Waals surface area contributed by atoms with Crippen molar-refractivity contribution < 1.29 is 18.3 Å². The van der Waals surface area contributed by atoms with Crippen LogP contribution in [0, 0.1) is 0 Å². The van der Waals surface area contributed by atoms with Crippen molar-refractivity contribution >= 4 is 38.9 Å². The van der Waals surface area contributed by atoms with E-state index in [1.165, 1.54) is 19.2 Å². The highest BCUT2D eigenvalue weighted by Gasteiger charge is 2.24. The van der Waals surface area contributed by atoms with Crippen LogP contribution in [0.4, 0.5) is 0 Å². The van der Waals surface area contributed by atoms with Crippen molar-refractivity contribution in [1.29, 1.82) is 0 Å². The Labute approximate surface area is 121 Å². The molecule has 108 valence electrons. The van der Waals surface area contributed by atoms with Gasteiger partial charge >= 0.3 is 0 Å². The van der Waals surface area contributed by atoms with Gasteiger partial charge in [0.25, 0.3) is 10.0 Å². The molecule has 0 aliphatic rings. The minimum Gasteiger partial charge on any atom is -0.394 e. The standard InChI is InChI=1S/C10H15ClN2O4S2/c1-7(6-14)12-9(15)5-13(2)19(16,17)10-4-3-8(11)18-10/h3-4,7,14H,5-6H2,1-2H3,(H,12,15). The number of rotatable bonds is 6. The van der Waals surface area contributed by atoms with Gasteiger partial charge in [-0.15, -0.1) is 11.3 Å². The Kier molecular flexibility index (Phi) is 5.75. The molecule has 0 aliphatic heterocycles. The zero-order chi connectivity index (χ0) is 14.6. The predicted molar refractivity (Wildman–Crippen MR) is 73.8 cm³/mol. The van der Waals surface area contributed by atoms with Crippen LogP contribution in [0.2, 0.25) is 4.34 Å². The van der Waals surface area contributed by atoms with Gasteiger partial charge in [-0.2, -0.15) is 4.31 Å². The number of sulfonamides is 1. The highest BCUT2D eigenvalue weighted by Crippen LogP contribution is 2.27. The van der Waals surface area contributed by atoms with Gasteiger partial charge in [0.2, 0.25) is 5.91 Å². The quantitative estimate of drug-likeness (QED) is 0.798. The molecule has 0 aliphatic carbocycles. The molecule has 9 heteroatoms. The lowest BCUT2D eigenvalue weighted by atomic mass is 10.3. The molecule has 19 heavy (non-hydrogen) atoms. The van der Waals surface area contributed by atoms with E-state index in [-0.39, 0.29) is 17.4 Å². The third-order valence-electron chi connectivity index (χ3n) is 2.26. The van der Waals surface area contributed by atoms with Crippen molar-refractivity contribution in [3.63, 3.8) is 0 Å². The zero-order valence-corrected chi connectivity index (χ0v) is 12.8. The first kappa shape index (κ1) is 16.4. The number of thiophene rings is 1. The molecular weight excluding hydrogens is 312 g/mol. The minimum atomic E-state index is -3.71. The maximum atomic E-state index is 12.1. The van der Waals surface area contributed by atoms with E-state index in [1.807, 2.05) is 0 Å². The summed E-state index contributed by atoms with van der Waals surface area (Å²) < 4.78 is 25.6. The molecule has 1 unspecified atom stereocenters. The molecule has 1 atom stereocenters. The normalized spacial score (nSPS) is 13.5. The number of aliphatic hydroxyl groups excluding tert-OH is 1. The molecule has 0 saturated carbocycles. The van der Waals surface area contributed by atoms with Crippen molar-refractivity contribution in [2.75, 3.05) is 20.2 Å². The third-order valence-corrected chi connectivity index (χ3v) is 5.76. The topological polar surface area (TPSA) is 86.7 Å². The van der Waals surface area contributed by atoms with Gasteiger partial charge < -0.3 is 10.4 Å². The van der Waals surface area contributed by atoms with Crippen LogP contribution < -0.4 is 5.32 Å². The summed E-state index contributed by atoms with van der Waals surface area (Å²) in [5.41, 5.74) is 0. The second-order valence-corrected chi connectivity index (χ2v) is 7.96. The fraction of sp³-hybridized carbons (Fsp3) is 0.500. The Bertz CT molecular complexity index is 543. The van der Waals surface area contributed by atoms with Crippen LogP contribution >= 0.6 is 22.9 Å². The van der Waals surface area contributed by atoms with Crippen molar-refractivity contribution in [1.82, 2.24) is 9.62 Å². The summed E-state index contributed by atoms with van der Waals surface area (Å²) in [7, 11) is -2.40. The molecule has 1 rings (SSSR count). The SMILES string of the molecule is CC(CO)NC(=O)CN(C)S(=O)(=O)c1ccc(Cl)s1. The van der Waals surface area contributed by atoms with Gasteiger partial charge in [-0.3, -0.25) is 4.79 Å². The largest absolute Gasteiger partial charge is 0.394 e. The smallest absolute Gasteiger partial charge is 0.252 e. The Morgan fingerprint density at radius 1 is 1.58 bits per heavy atom. The Morgan fingerprint density at radius 3 is 2.68 bits per heavy atom. The van der Waals surface area contributed by atoms with Crippen molar-refractivity contribution in [2.45, 2.75) is 17.2 Å². The van der Waals surface area contributed by atoms with E-state index in [2.05, 4.69) is 5.32 Å². The maximum absolute atomic E-state index is 12.1. The van der Waals surface area contributed by atoms with Crippen LogP contribution in [0.3, 0.4) is 0 Å². The Hall–Kier alpha value is -0.670. The average Bonchev–Trinajstić information content (AvgIpc) is 2.75. The molecule has 2 N–H and O–H groups in total. The van der Waals surface area contributed by atoms with E-state index in [0.717, 1.165) is 15.6 Å². The number of aliphatic hydroxyl groups is 1. The summed E-state index contributed by atoms with van der Waals surface area (Å²) in [4.78, 5) is 11.6. The summed E-state index contributed by atoms with van der Waals surface area (Å²) in [5.74, 6) is -0.477. The van der Waals surface area contributed by atoms with Crippen LogP contribution in [0.1, 0.15) is 6.92 Å². The van der Waals surface area contributed by atoms with Crippen LogP contribution in [0.25, 0.3) is 0 Å². The van der Waals surface area contributed by atoms with Gasteiger partial charge in [-0.25, -0.2) is 8.42 Å². The number of carbonyl (C=O) groups is 1. The van der Waals surface area contributed by atoms with Gasteiger partial charge in [-0.1, -0.05) is 11.6 Å². The molecule has 1 amide bonds. The Balaban J connectivity index is 2.72. The number of likely N-dealkylation sites (N-methyl/N-ethyl adjacent to an activating group) is 1. The number of hydrogen-bond acceptors (Lipinski definition) is 5. The van der Waals surface area contributed by atoms with Crippen LogP contribution in [0.15, 0.2) is 16.3 Å². The van der Waals surface area contributed by atoms with E-state index in [0.29, 0.717) is 4.34 Å². The average molecular weight is 327 g/mol. The van der Waals surface area contributed by atoms with Gasteiger partial charge in [0.05, 0.1) is 17.5 Å². The van der Waals surface area contributed by atoms with Gasteiger partial charge in [0.1, 0.15) is 4.21 Å². The monoisotopic (exact) mass is 326 g/mol. The molecule has 1 aromatic heterocycles. The van der Waals surface area contributed by atoms with E-state index in [4.69, 9.17) is 16.7 Å². The van der Waals surface area contributed by atoms with Gasteiger partial charge in [0, 0.05) is 13.1 Å². The summed E-state index contributed by atoms with van der Waals surface area (Å²) in [6.45, 7) is 1.09. The van der Waals surface area contributed by atoms with Crippen LogP contribution in [-0.2, 0) is 14.8 Å². The number of amides is 1. The number of nitrogens with one attached hydrogen (secondary N) is 1. The second-order valence-electron chi connectivity index (χ2n) is 3.97. The van der Waals surface area contributed by atoms with E-state index < -0.39 is 22.0 Å². The minimum absolute atomic E-state index is 0.0861. The summed E-state index contributed by atoms with van der Waals surface area (Å²) in [6.07, 6.45) is 0.